The Balaban J connectivity index is 1.48. The second-order valence-corrected chi connectivity index (χ2v) is 11.4. The van der Waals surface area contributed by atoms with Gasteiger partial charge in [-0.25, -0.2) is 0 Å². The zero-order chi connectivity index (χ0) is 29.2. The number of likely N-dealkylation sites (N-methyl/N-ethyl adjacent to an activating group) is 1. The van der Waals surface area contributed by atoms with Gasteiger partial charge in [-0.2, -0.15) is 13.2 Å². The number of benzene rings is 2. The lowest BCUT2D eigenvalue weighted by atomic mass is 9.73. The molecule has 10 heteroatoms. The highest BCUT2D eigenvalue weighted by atomic mass is 35.5. The molecule has 2 aliphatic heterocycles. The minimum absolute atomic E-state index is 0.00510. The number of rotatable bonds is 10. The van der Waals surface area contributed by atoms with E-state index in [0.29, 0.717) is 55.9 Å². The van der Waals surface area contributed by atoms with Crippen molar-refractivity contribution in [2.24, 2.45) is 0 Å². The molecule has 1 amide bonds. The number of anilines is 2. The van der Waals surface area contributed by atoms with Crippen LogP contribution in [0.25, 0.3) is 0 Å². The number of aliphatic hydroxyl groups is 1. The lowest BCUT2D eigenvalue weighted by Gasteiger charge is -2.38. The highest BCUT2D eigenvalue weighted by Crippen LogP contribution is 2.46. The zero-order valence-electron chi connectivity index (χ0n) is 23.6. The molecule has 2 unspecified atom stereocenters. The maximum Gasteiger partial charge on any atom is 0.418 e. The summed E-state index contributed by atoms with van der Waals surface area (Å²) in [5.74, 6) is 0.0454. The number of likely N-dealkylation sites (tertiary alicyclic amines) is 1. The molecule has 2 atom stereocenters. The predicted octanol–water partition coefficient (Wildman–Crippen LogP) is 6.44. The maximum absolute atomic E-state index is 14.3. The number of piperidine rings is 1. The van der Waals surface area contributed by atoms with E-state index in [2.05, 4.69) is 10.2 Å². The summed E-state index contributed by atoms with van der Waals surface area (Å²) in [6.45, 7) is 7.55. The van der Waals surface area contributed by atoms with Crippen LogP contribution >= 0.6 is 11.6 Å². The van der Waals surface area contributed by atoms with Gasteiger partial charge in [-0.1, -0.05) is 32.4 Å². The molecular formula is C30H39ClF3N3O3. The first-order chi connectivity index (χ1) is 18.9. The van der Waals surface area contributed by atoms with Gasteiger partial charge in [0, 0.05) is 24.3 Å². The highest BCUT2D eigenvalue weighted by Gasteiger charge is 2.48. The Labute approximate surface area is 239 Å². The minimum Gasteiger partial charge on any atom is -0.492 e. The minimum atomic E-state index is -4.58. The number of nitrogens with zero attached hydrogens (tertiary/aromatic N) is 2. The summed E-state index contributed by atoms with van der Waals surface area (Å²) in [5.41, 5.74) is 1.06. The van der Waals surface area contributed by atoms with Crippen LogP contribution in [0.15, 0.2) is 30.3 Å². The summed E-state index contributed by atoms with van der Waals surface area (Å²) in [6.07, 6.45) is -2.14. The molecule has 2 aromatic rings. The van der Waals surface area contributed by atoms with E-state index in [1.165, 1.54) is 0 Å². The molecule has 0 saturated carbocycles. The van der Waals surface area contributed by atoms with Gasteiger partial charge < -0.3 is 20.1 Å². The smallest absolute Gasteiger partial charge is 0.418 e. The molecule has 0 bridgehead atoms. The number of fused-ring (bicyclic) bond motifs is 2. The van der Waals surface area contributed by atoms with Crippen LogP contribution in [0.4, 0.5) is 24.5 Å². The molecule has 2 N–H and O–H groups in total. The molecule has 0 aromatic heterocycles. The van der Waals surface area contributed by atoms with Crippen LogP contribution in [-0.2, 0) is 16.4 Å². The van der Waals surface area contributed by atoms with Crippen molar-refractivity contribution in [3.8, 4) is 5.75 Å². The van der Waals surface area contributed by atoms with Crippen molar-refractivity contribution in [1.82, 2.24) is 4.90 Å². The zero-order valence-corrected chi connectivity index (χ0v) is 24.3. The second kappa shape index (κ2) is 12.2. The molecule has 1 spiro atoms. The largest absolute Gasteiger partial charge is 0.492 e. The molecule has 0 radical (unpaired) electrons. The van der Waals surface area contributed by atoms with Crippen molar-refractivity contribution in [2.45, 2.75) is 70.0 Å². The van der Waals surface area contributed by atoms with Gasteiger partial charge in [0.2, 0.25) is 5.91 Å². The van der Waals surface area contributed by atoms with E-state index in [1.54, 1.807) is 24.1 Å². The summed E-state index contributed by atoms with van der Waals surface area (Å²) in [7, 11) is 1.61. The van der Waals surface area contributed by atoms with E-state index in [9.17, 15) is 23.1 Å². The van der Waals surface area contributed by atoms with Crippen LogP contribution in [0.2, 0.25) is 5.02 Å². The number of carbonyl (C=O) groups is 1. The van der Waals surface area contributed by atoms with Crippen molar-refractivity contribution in [2.75, 3.05) is 50.1 Å². The average molecular weight is 582 g/mol. The van der Waals surface area contributed by atoms with Crippen molar-refractivity contribution in [3.05, 3.63) is 52.0 Å². The van der Waals surface area contributed by atoms with Gasteiger partial charge in [-0.3, -0.25) is 9.69 Å². The van der Waals surface area contributed by atoms with Gasteiger partial charge >= 0.3 is 6.18 Å². The summed E-state index contributed by atoms with van der Waals surface area (Å²) in [5, 5.41) is 13.4. The molecule has 220 valence electrons. The molecule has 2 heterocycles. The number of carbonyl (C=O) groups excluding carboxylic acids is 1. The average Bonchev–Trinajstić information content (AvgIpc) is 3.18. The van der Waals surface area contributed by atoms with Crippen molar-refractivity contribution >= 4 is 28.9 Å². The van der Waals surface area contributed by atoms with E-state index in [-0.39, 0.29) is 36.5 Å². The fourth-order valence-corrected chi connectivity index (χ4v) is 6.13. The van der Waals surface area contributed by atoms with Crippen molar-refractivity contribution in [1.29, 1.82) is 0 Å². The number of ether oxygens (including phenoxy) is 1. The summed E-state index contributed by atoms with van der Waals surface area (Å²) in [4.78, 5) is 16.6. The monoisotopic (exact) mass is 581 g/mol. The number of hydrogen-bond donors (Lipinski definition) is 2. The summed E-state index contributed by atoms with van der Waals surface area (Å²) in [6, 6.07) is 7.84. The Kier molecular flexibility index (Phi) is 9.27. The number of hydrogen-bond acceptors (Lipinski definition) is 5. The third-order valence-corrected chi connectivity index (χ3v) is 8.95. The third-order valence-electron chi connectivity index (χ3n) is 8.71. The topological polar surface area (TPSA) is 65.0 Å². The Bertz CT molecular complexity index is 1210. The molecule has 40 heavy (non-hydrogen) atoms. The number of aliphatic hydroxyl groups excluding tert-OH is 1. The van der Waals surface area contributed by atoms with E-state index in [0.717, 1.165) is 17.3 Å². The van der Waals surface area contributed by atoms with E-state index < -0.39 is 23.2 Å². The maximum atomic E-state index is 14.3. The third kappa shape index (κ3) is 5.92. The Morgan fingerprint density at radius 2 is 1.88 bits per heavy atom. The molecule has 0 aliphatic carbocycles. The SMILES string of the molecule is CCC(C)c1cc(OCCN2CCC3(CC2)C(=O)Nc2ccc(Cl)cc23)cc(C(F)(F)F)c1N(C)C(CC)CO. The predicted molar refractivity (Wildman–Crippen MR) is 153 cm³/mol. The molecule has 4 rings (SSSR count). The summed E-state index contributed by atoms with van der Waals surface area (Å²) < 4.78 is 48.9. The van der Waals surface area contributed by atoms with Crippen molar-refractivity contribution in [3.63, 3.8) is 0 Å². The van der Waals surface area contributed by atoms with Crippen LogP contribution in [0.1, 0.15) is 69.1 Å². The van der Waals surface area contributed by atoms with Crippen LogP contribution in [0.3, 0.4) is 0 Å². The standard InChI is InChI=1S/C30H39ClF3N3O3/c1-5-19(3)23-16-22(17-25(30(32,33)34)27(23)36(4)21(6-2)18-38)40-14-13-37-11-9-29(10-12-37)24-15-20(31)7-8-26(24)35-28(29)39/h7-8,15-17,19,21,38H,5-6,9-14,18H2,1-4H3,(H,35,39). The van der Waals surface area contributed by atoms with E-state index in [1.807, 2.05) is 32.9 Å². The fourth-order valence-electron chi connectivity index (χ4n) is 5.96. The van der Waals surface area contributed by atoms with Crippen LogP contribution in [0, 0.1) is 0 Å². The second-order valence-electron chi connectivity index (χ2n) is 11.0. The van der Waals surface area contributed by atoms with Gasteiger partial charge in [0.25, 0.3) is 0 Å². The first-order valence-corrected chi connectivity index (χ1v) is 14.4. The van der Waals surface area contributed by atoms with Crippen molar-refractivity contribution < 1.29 is 27.8 Å². The van der Waals surface area contributed by atoms with Gasteiger partial charge in [0.1, 0.15) is 12.4 Å². The van der Waals surface area contributed by atoms with Gasteiger partial charge in [-0.15, -0.1) is 0 Å². The Morgan fingerprint density at radius 3 is 2.48 bits per heavy atom. The molecule has 6 nitrogen and oxygen atoms in total. The normalized spacial score (nSPS) is 18.4. The fraction of sp³-hybridized carbons (Fsp3) is 0.567. The molecule has 1 saturated heterocycles. The Hall–Kier alpha value is -2.49. The van der Waals surface area contributed by atoms with E-state index in [4.69, 9.17) is 16.3 Å². The lowest BCUT2D eigenvalue weighted by Crippen LogP contribution is -2.47. The molecule has 2 aromatic carbocycles. The van der Waals surface area contributed by atoms with Crippen LogP contribution in [-0.4, -0.2) is 61.9 Å². The lowest BCUT2D eigenvalue weighted by molar-refractivity contribution is -0.137. The molecule has 1 fully saturated rings. The first-order valence-electron chi connectivity index (χ1n) is 14.0. The van der Waals surface area contributed by atoms with Crippen LogP contribution in [0.5, 0.6) is 5.75 Å². The Morgan fingerprint density at radius 1 is 1.18 bits per heavy atom. The van der Waals surface area contributed by atoms with Gasteiger partial charge in [0.05, 0.1) is 29.3 Å². The number of halogens is 4. The van der Waals surface area contributed by atoms with E-state index >= 15 is 0 Å². The van der Waals surface area contributed by atoms with Gasteiger partial charge in [0.15, 0.2) is 0 Å². The summed E-state index contributed by atoms with van der Waals surface area (Å²) >= 11 is 6.21. The van der Waals surface area contributed by atoms with Gasteiger partial charge in [-0.05, 0) is 86.1 Å². The highest BCUT2D eigenvalue weighted by molar-refractivity contribution is 6.31. The van der Waals surface area contributed by atoms with Crippen LogP contribution < -0.4 is 15.0 Å². The number of nitrogens with one attached hydrogen (secondary N) is 1. The first kappa shape index (κ1) is 30.5. The number of amides is 1. The number of alkyl halides is 3. The molecule has 2 aliphatic rings. The quantitative estimate of drug-likeness (QED) is 0.338. The molecular weight excluding hydrogens is 543 g/mol.